The zero-order chi connectivity index (χ0) is 17.1. The molecule has 0 radical (unpaired) electrons. The second-order valence-electron chi connectivity index (χ2n) is 5.65. The highest BCUT2D eigenvalue weighted by molar-refractivity contribution is 7.33. The first kappa shape index (κ1) is 21.1. The largest absolute Gasteiger partial charge is 0.319 e. The van der Waals surface area contributed by atoms with Crippen molar-refractivity contribution in [3.63, 3.8) is 0 Å². The van der Waals surface area contributed by atoms with Crippen LogP contribution in [0.5, 0.6) is 0 Å². The summed E-state index contributed by atoms with van der Waals surface area (Å²) in [6, 6.07) is 4.65. The Balaban J connectivity index is 4.13. The van der Waals surface area contributed by atoms with Crippen molar-refractivity contribution in [1.29, 1.82) is 10.5 Å². The van der Waals surface area contributed by atoms with E-state index in [1.54, 1.807) is 0 Å². The van der Waals surface area contributed by atoms with Gasteiger partial charge in [-0.15, -0.1) is 0 Å². The molecule has 0 atom stereocenters. The molecular formula is C16H29N2O3P. The second-order valence-corrected chi connectivity index (χ2v) is 6.72. The molecule has 22 heavy (non-hydrogen) atoms. The molecule has 6 heteroatoms. The van der Waals surface area contributed by atoms with Gasteiger partial charge in [0, 0.05) is 0 Å². The highest BCUT2D eigenvalue weighted by atomic mass is 31.1. The summed E-state index contributed by atoms with van der Waals surface area (Å²) in [4.78, 5) is 0. The molecule has 0 amide bonds. The average Bonchev–Trinajstić information content (AvgIpc) is 2.56. The van der Waals surface area contributed by atoms with E-state index in [0.717, 1.165) is 25.7 Å². The summed E-state index contributed by atoms with van der Waals surface area (Å²) in [5.74, 6) is 0. The van der Waals surface area contributed by atoms with Gasteiger partial charge in [-0.3, -0.25) is 4.57 Å². The summed E-state index contributed by atoms with van der Waals surface area (Å²) in [7, 11) is -2.55. The van der Waals surface area contributed by atoms with Gasteiger partial charge in [0.1, 0.15) is 0 Å². The van der Waals surface area contributed by atoms with Crippen molar-refractivity contribution in [2.45, 2.75) is 66.2 Å². The molecule has 0 aliphatic rings. The molecule has 0 aliphatic carbocycles. The molecule has 0 aromatic heterocycles. The fraction of sp³-hybridized carbons (Fsp3) is 0.875. The van der Waals surface area contributed by atoms with Crippen molar-refractivity contribution in [3.05, 3.63) is 0 Å². The SMILES string of the molecule is CCC(C#N)(CC)CCO[PH](=O)OCCC(C#N)(CC)CC. The fourth-order valence-corrected chi connectivity index (χ4v) is 2.96. The third kappa shape index (κ3) is 6.49. The third-order valence-electron chi connectivity index (χ3n) is 4.78. The smallest absolute Gasteiger partial charge is 0.311 e. The van der Waals surface area contributed by atoms with E-state index in [9.17, 15) is 15.1 Å². The zero-order valence-corrected chi connectivity index (χ0v) is 15.3. The molecule has 0 N–H and O–H groups in total. The average molecular weight is 328 g/mol. The number of nitrogens with zero attached hydrogens (tertiary/aromatic N) is 2. The van der Waals surface area contributed by atoms with Crippen LogP contribution in [0.25, 0.3) is 0 Å². The lowest BCUT2D eigenvalue weighted by atomic mass is 9.81. The van der Waals surface area contributed by atoms with E-state index in [2.05, 4.69) is 12.1 Å². The maximum absolute atomic E-state index is 11.7. The van der Waals surface area contributed by atoms with Gasteiger partial charge in [0.2, 0.25) is 0 Å². The van der Waals surface area contributed by atoms with E-state index >= 15 is 0 Å². The van der Waals surface area contributed by atoms with E-state index in [0.29, 0.717) is 12.8 Å². The van der Waals surface area contributed by atoms with E-state index < -0.39 is 19.1 Å². The van der Waals surface area contributed by atoms with Gasteiger partial charge in [-0.25, -0.2) is 0 Å². The molecule has 0 unspecified atom stereocenters. The first-order valence-corrected chi connectivity index (χ1v) is 9.31. The van der Waals surface area contributed by atoms with E-state index in [1.807, 2.05) is 27.7 Å². The Morgan fingerprint density at radius 3 is 1.36 bits per heavy atom. The van der Waals surface area contributed by atoms with Crippen LogP contribution in [-0.2, 0) is 13.6 Å². The lowest BCUT2D eigenvalue weighted by molar-refractivity contribution is 0.176. The predicted molar refractivity (Wildman–Crippen MR) is 87.4 cm³/mol. The number of nitriles is 2. The van der Waals surface area contributed by atoms with Gasteiger partial charge in [-0.2, -0.15) is 10.5 Å². The van der Waals surface area contributed by atoms with Crippen molar-refractivity contribution < 1.29 is 13.6 Å². The van der Waals surface area contributed by atoms with Crippen molar-refractivity contribution >= 4 is 8.25 Å². The Morgan fingerprint density at radius 2 is 1.14 bits per heavy atom. The summed E-state index contributed by atoms with van der Waals surface area (Å²) < 4.78 is 22.1. The normalized spacial score (nSPS) is 12.1. The molecule has 0 bridgehead atoms. The molecule has 0 fully saturated rings. The van der Waals surface area contributed by atoms with Gasteiger partial charge in [0.25, 0.3) is 0 Å². The third-order valence-corrected chi connectivity index (χ3v) is 5.66. The molecule has 0 spiro atoms. The van der Waals surface area contributed by atoms with Gasteiger partial charge in [0.05, 0.1) is 36.2 Å². The maximum atomic E-state index is 11.7. The summed E-state index contributed by atoms with van der Waals surface area (Å²) in [6.45, 7) is 8.43. The van der Waals surface area contributed by atoms with Crippen molar-refractivity contribution in [2.24, 2.45) is 10.8 Å². The van der Waals surface area contributed by atoms with Gasteiger partial charge in [-0.1, -0.05) is 27.7 Å². The van der Waals surface area contributed by atoms with Crippen LogP contribution in [0.3, 0.4) is 0 Å². The minimum absolute atomic E-state index is 0.262. The number of hydrogen-bond acceptors (Lipinski definition) is 5. The molecule has 0 heterocycles. The Morgan fingerprint density at radius 1 is 0.818 bits per heavy atom. The molecule has 126 valence electrons. The molecule has 0 aromatic rings. The molecule has 0 aromatic carbocycles. The standard InChI is InChI=1S/C16H29N2O3P/c1-5-15(6-2,13-17)9-11-20-22(19)21-12-10-16(7-3,8-4)14-18/h22H,5-12H2,1-4H3. The zero-order valence-electron chi connectivity index (χ0n) is 14.3. The first-order valence-electron chi connectivity index (χ1n) is 8.09. The van der Waals surface area contributed by atoms with Crippen LogP contribution in [0.2, 0.25) is 0 Å². The van der Waals surface area contributed by atoms with Gasteiger partial charge in [0.15, 0.2) is 0 Å². The van der Waals surface area contributed by atoms with Crippen molar-refractivity contribution in [1.82, 2.24) is 0 Å². The van der Waals surface area contributed by atoms with Crippen LogP contribution < -0.4 is 0 Å². The molecule has 0 rings (SSSR count). The van der Waals surface area contributed by atoms with Crippen LogP contribution >= 0.6 is 8.25 Å². The lowest BCUT2D eigenvalue weighted by Gasteiger charge is -2.23. The molecule has 0 saturated carbocycles. The molecule has 0 saturated heterocycles. The van der Waals surface area contributed by atoms with Crippen LogP contribution in [0.4, 0.5) is 0 Å². The van der Waals surface area contributed by atoms with Crippen LogP contribution in [-0.4, -0.2) is 13.2 Å². The number of hydrogen-bond donors (Lipinski definition) is 0. The highest BCUT2D eigenvalue weighted by Gasteiger charge is 2.27. The lowest BCUT2D eigenvalue weighted by Crippen LogP contribution is -2.19. The quantitative estimate of drug-likeness (QED) is 0.478. The summed E-state index contributed by atoms with van der Waals surface area (Å²) in [5, 5.41) is 18.4. The second kappa shape index (κ2) is 10.8. The van der Waals surface area contributed by atoms with Crippen molar-refractivity contribution in [3.8, 4) is 12.1 Å². The molecule has 5 nitrogen and oxygen atoms in total. The first-order chi connectivity index (χ1) is 10.5. The minimum atomic E-state index is -2.55. The van der Waals surface area contributed by atoms with Crippen molar-refractivity contribution in [2.75, 3.05) is 13.2 Å². The number of rotatable bonds is 12. The fourth-order valence-electron chi connectivity index (χ4n) is 2.34. The Hall–Kier alpha value is -0.870. The van der Waals surface area contributed by atoms with Crippen LogP contribution in [0.1, 0.15) is 66.2 Å². The Labute approximate surface area is 135 Å². The summed E-state index contributed by atoms with van der Waals surface area (Å²) in [6.07, 6.45) is 4.13. The van der Waals surface area contributed by atoms with Crippen LogP contribution in [0, 0.1) is 33.5 Å². The Bertz CT molecular complexity index is 380. The highest BCUT2D eigenvalue weighted by Crippen LogP contribution is 2.34. The van der Waals surface area contributed by atoms with Gasteiger partial charge in [-0.05, 0) is 38.5 Å². The topological polar surface area (TPSA) is 83.1 Å². The Kier molecular flexibility index (Phi) is 10.4. The monoisotopic (exact) mass is 328 g/mol. The van der Waals surface area contributed by atoms with Gasteiger partial charge >= 0.3 is 8.25 Å². The summed E-state index contributed by atoms with van der Waals surface area (Å²) in [5.41, 5.74) is -0.801. The minimum Gasteiger partial charge on any atom is -0.311 e. The molecular weight excluding hydrogens is 299 g/mol. The van der Waals surface area contributed by atoms with E-state index in [-0.39, 0.29) is 13.2 Å². The van der Waals surface area contributed by atoms with E-state index in [1.165, 1.54) is 0 Å². The summed E-state index contributed by atoms with van der Waals surface area (Å²) >= 11 is 0. The van der Waals surface area contributed by atoms with Crippen LogP contribution in [0.15, 0.2) is 0 Å². The molecule has 0 aliphatic heterocycles. The van der Waals surface area contributed by atoms with E-state index in [4.69, 9.17) is 9.05 Å². The maximum Gasteiger partial charge on any atom is 0.319 e. The van der Waals surface area contributed by atoms with Gasteiger partial charge < -0.3 is 9.05 Å². The predicted octanol–water partition coefficient (Wildman–Crippen LogP) is 4.85.